The normalized spacial score (nSPS) is 10.7. The molecule has 0 spiro atoms. The Labute approximate surface area is 190 Å². The summed E-state index contributed by atoms with van der Waals surface area (Å²) in [4.78, 5) is 32.6. The van der Waals surface area contributed by atoms with Crippen LogP contribution in [0, 0.1) is 20.2 Å². The smallest absolute Gasteiger partial charge is 0.312 e. The predicted octanol–water partition coefficient (Wildman–Crippen LogP) is 3.95. The van der Waals surface area contributed by atoms with Gasteiger partial charge in [0.2, 0.25) is 0 Å². The minimum atomic E-state index is -0.675. The van der Waals surface area contributed by atoms with Gasteiger partial charge in [0.15, 0.2) is 12.4 Å². The maximum absolute atomic E-state index is 11.9. The second-order valence-corrected chi connectivity index (χ2v) is 6.73. The van der Waals surface area contributed by atoms with E-state index in [4.69, 9.17) is 25.5 Å². The number of carbonyl (C=O) groups is 1. The molecule has 0 aliphatic heterocycles. The van der Waals surface area contributed by atoms with E-state index in [1.54, 1.807) is 12.1 Å². The molecule has 1 N–H and O–H groups in total. The van der Waals surface area contributed by atoms with Crippen molar-refractivity contribution in [3.05, 3.63) is 79.5 Å². The molecular formula is C20H15ClN4O8. The van der Waals surface area contributed by atoms with Gasteiger partial charge >= 0.3 is 5.69 Å². The minimum Gasteiger partial charge on any atom is -0.496 e. The van der Waals surface area contributed by atoms with E-state index in [-0.39, 0.29) is 33.7 Å². The second kappa shape index (κ2) is 10.2. The summed E-state index contributed by atoms with van der Waals surface area (Å²) in [5.41, 5.74) is 2.19. The Morgan fingerprint density at radius 3 is 2.61 bits per heavy atom. The Kier molecular flexibility index (Phi) is 7.20. The number of furan rings is 1. The monoisotopic (exact) mass is 474 g/mol. The van der Waals surface area contributed by atoms with Crippen molar-refractivity contribution >= 4 is 35.1 Å². The number of carbonyl (C=O) groups excluding carboxylic acids is 1. The molecule has 3 rings (SSSR count). The van der Waals surface area contributed by atoms with Gasteiger partial charge in [0.1, 0.15) is 17.3 Å². The molecule has 1 aromatic heterocycles. The standard InChI is InChI=1S/C20H15ClN4O8/c1-31-19-9-13(24(27)28)3-5-15(19)17-7-4-14(33-17)10-22-23-20(26)11-32-18-6-2-12(21)8-16(18)25(29)30/h2-10H,11H2,1H3,(H,23,26)/b22-10-. The second-order valence-electron chi connectivity index (χ2n) is 6.29. The van der Waals surface area contributed by atoms with E-state index in [9.17, 15) is 25.0 Å². The van der Waals surface area contributed by atoms with Gasteiger partial charge in [-0.05, 0) is 30.3 Å². The third kappa shape index (κ3) is 5.83. The van der Waals surface area contributed by atoms with Crippen molar-refractivity contribution in [3.8, 4) is 22.8 Å². The molecule has 13 heteroatoms. The van der Waals surface area contributed by atoms with Gasteiger partial charge in [-0.25, -0.2) is 5.43 Å². The first-order chi connectivity index (χ1) is 15.8. The van der Waals surface area contributed by atoms with Crippen LogP contribution < -0.4 is 14.9 Å². The van der Waals surface area contributed by atoms with Gasteiger partial charge in [-0.1, -0.05) is 11.6 Å². The van der Waals surface area contributed by atoms with Gasteiger partial charge in [-0.3, -0.25) is 25.0 Å². The number of rotatable bonds is 9. The van der Waals surface area contributed by atoms with E-state index in [0.717, 1.165) is 6.07 Å². The minimum absolute atomic E-state index is 0.115. The lowest BCUT2D eigenvalue weighted by Crippen LogP contribution is -2.24. The zero-order chi connectivity index (χ0) is 24.0. The number of hydrogen-bond acceptors (Lipinski definition) is 9. The lowest BCUT2D eigenvalue weighted by Gasteiger charge is -2.06. The van der Waals surface area contributed by atoms with Gasteiger partial charge in [-0.2, -0.15) is 5.10 Å². The summed E-state index contributed by atoms with van der Waals surface area (Å²) >= 11 is 5.73. The average Bonchev–Trinajstić information content (AvgIpc) is 3.26. The predicted molar refractivity (Wildman–Crippen MR) is 117 cm³/mol. The Hall–Kier alpha value is -4.45. The summed E-state index contributed by atoms with van der Waals surface area (Å²) in [5.74, 6) is 0.118. The van der Waals surface area contributed by atoms with E-state index in [0.29, 0.717) is 11.3 Å². The number of nitro benzene ring substituents is 2. The van der Waals surface area contributed by atoms with Crippen LogP contribution in [0.4, 0.5) is 11.4 Å². The molecular weight excluding hydrogens is 460 g/mol. The van der Waals surface area contributed by atoms with Crippen LogP contribution in [0.1, 0.15) is 5.76 Å². The number of methoxy groups -OCH3 is 1. The summed E-state index contributed by atoms with van der Waals surface area (Å²) in [6, 6.07) is 11.1. The van der Waals surface area contributed by atoms with Gasteiger partial charge in [-0.15, -0.1) is 0 Å². The van der Waals surface area contributed by atoms with Crippen molar-refractivity contribution in [2.45, 2.75) is 0 Å². The van der Waals surface area contributed by atoms with E-state index >= 15 is 0 Å². The quantitative estimate of drug-likeness (QED) is 0.277. The van der Waals surface area contributed by atoms with Crippen LogP contribution >= 0.6 is 11.6 Å². The van der Waals surface area contributed by atoms with Crippen LogP contribution in [0.15, 0.2) is 58.0 Å². The Balaban J connectivity index is 1.61. The van der Waals surface area contributed by atoms with Crippen molar-refractivity contribution in [2.24, 2.45) is 5.10 Å². The lowest BCUT2D eigenvalue weighted by molar-refractivity contribution is -0.385. The number of benzene rings is 2. The number of amides is 1. The topological polar surface area (TPSA) is 159 Å². The highest BCUT2D eigenvalue weighted by Gasteiger charge is 2.17. The number of hydrogen-bond donors (Lipinski definition) is 1. The summed E-state index contributed by atoms with van der Waals surface area (Å²) in [7, 11) is 1.38. The summed E-state index contributed by atoms with van der Waals surface area (Å²) < 4.78 is 16.0. The Morgan fingerprint density at radius 1 is 1.12 bits per heavy atom. The summed E-state index contributed by atoms with van der Waals surface area (Å²) in [6.45, 7) is -0.525. The number of nitrogens with zero attached hydrogens (tertiary/aromatic N) is 3. The molecule has 1 amide bonds. The highest BCUT2D eigenvalue weighted by Crippen LogP contribution is 2.34. The van der Waals surface area contributed by atoms with Gasteiger partial charge in [0.05, 0.1) is 34.8 Å². The van der Waals surface area contributed by atoms with Crippen LogP contribution in [0.3, 0.4) is 0 Å². The molecule has 0 unspecified atom stereocenters. The molecule has 3 aromatic rings. The molecule has 0 radical (unpaired) electrons. The molecule has 1 heterocycles. The average molecular weight is 475 g/mol. The molecule has 0 saturated carbocycles. The third-order valence-electron chi connectivity index (χ3n) is 4.15. The molecule has 2 aromatic carbocycles. The molecule has 0 aliphatic carbocycles. The molecule has 33 heavy (non-hydrogen) atoms. The number of non-ortho nitro benzene ring substituents is 1. The van der Waals surface area contributed by atoms with E-state index in [2.05, 4.69) is 10.5 Å². The maximum Gasteiger partial charge on any atom is 0.312 e. The highest BCUT2D eigenvalue weighted by molar-refractivity contribution is 6.30. The van der Waals surface area contributed by atoms with Crippen molar-refractivity contribution in [3.63, 3.8) is 0 Å². The summed E-state index contributed by atoms with van der Waals surface area (Å²) in [6.07, 6.45) is 1.23. The molecule has 0 atom stereocenters. The third-order valence-corrected chi connectivity index (χ3v) is 4.38. The van der Waals surface area contributed by atoms with Crippen molar-refractivity contribution < 1.29 is 28.5 Å². The number of nitrogens with one attached hydrogen (secondary N) is 1. The highest BCUT2D eigenvalue weighted by atomic mass is 35.5. The van der Waals surface area contributed by atoms with E-state index in [1.165, 1.54) is 43.7 Å². The van der Waals surface area contributed by atoms with Crippen molar-refractivity contribution in [2.75, 3.05) is 13.7 Å². The first-order valence-electron chi connectivity index (χ1n) is 9.09. The Morgan fingerprint density at radius 2 is 1.91 bits per heavy atom. The number of ether oxygens (including phenoxy) is 2. The lowest BCUT2D eigenvalue weighted by atomic mass is 10.1. The Bertz CT molecular complexity index is 1240. The van der Waals surface area contributed by atoms with Crippen LogP contribution in [-0.4, -0.2) is 35.7 Å². The fourth-order valence-corrected chi connectivity index (χ4v) is 2.83. The summed E-state index contributed by atoms with van der Waals surface area (Å²) in [5, 5.41) is 25.8. The molecule has 0 saturated heterocycles. The number of nitro groups is 2. The van der Waals surface area contributed by atoms with Crippen LogP contribution in [0.2, 0.25) is 5.02 Å². The van der Waals surface area contributed by atoms with Crippen LogP contribution in [-0.2, 0) is 4.79 Å². The van der Waals surface area contributed by atoms with Crippen LogP contribution in [0.5, 0.6) is 11.5 Å². The maximum atomic E-state index is 11.9. The molecule has 0 fully saturated rings. The van der Waals surface area contributed by atoms with Gasteiger partial charge in [0.25, 0.3) is 11.6 Å². The zero-order valence-electron chi connectivity index (χ0n) is 16.9. The first-order valence-corrected chi connectivity index (χ1v) is 9.47. The molecule has 0 aliphatic rings. The van der Waals surface area contributed by atoms with Crippen molar-refractivity contribution in [1.82, 2.24) is 5.43 Å². The first kappa shape index (κ1) is 23.2. The van der Waals surface area contributed by atoms with E-state index < -0.39 is 22.4 Å². The van der Waals surface area contributed by atoms with Crippen LogP contribution in [0.25, 0.3) is 11.3 Å². The zero-order valence-corrected chi connectivity index (χ0v) is 17.6. The number of hydrazone groups is 1. The SMILES string of the molecule is COc1cc([N+](=O)[O-])ccc1-c1ccc(/C=N\NC(=O)COc2ccc(Cl)cc2[N+](=O)[O-])o1. The van der Waals surface area contributed by atoms with E-state index in [1.807, 2.05) is 0 Å². The van der Waals surface area contributed by atoms with Gasteiger partial charge in [0, 0.05) is 17.2 Å². The largest absolute Gasteiger partial charge is 0.496 e. The van der Waals surface area contributed by atoms with Gasteiger partial charge < -0.3 is 13.9 Å². The molecule has 170 valence electrons. The molecule has 12 nitrogen and oxygen atoms in total. The fraction of sp³-hybridized carbons (Fsp3) is 0.100. The fourth-order valence-electron chi connectivity index (χ4n) is 2.66. The molecule has 0 bridgehead atoms. The number of halogens is 1. The van der Waals surface area contributed by atoms with Crippen molar-refractivity contribution in [1.29, 1.82) is 0 Å².